The van der Waals surface area contributed by atoms with Crippen LogP contribution in [0.5, 0.6) is 0 Å². The van der Waals surface area contributed by atoms with Crippen LogP contribution in [0.25, 0.3) is 0 Å². The van der Waals surface area contributed by atoms with Crippen LogP contribution in [0.15, 0.2) is 6.07 Å². The van der Waals surface area contributed by atoms with E-state index >= 15 is 0 Å². The molecule has 158 valence electrons. The Morgan fingerprint density at radius 1 is 1.30 bits per heavy atom. The molecule has 6 nitrogen and oxygen atoms in total. The van der Waals surface area contributed by atoms with Crippen molar-refractivity contribution < 1.29 is 18.0 Å². The first kappa shape index (κ1) is 26.0. The second-order valence-corrected chi connectivity index (χ2v) is 6.57. The Labute approximate surface area is 170 Å². The lowest BCUT2D eigenvalue weighted by molar-refractivity contribution is -0.184. The number of carbonyl (C=O) groups excluding carboxylic acids is 1. The summed E-state index contributed by atoms with van der Waals surface area (Å²) in [6, 6.07) is 0.0399. The number of amides is 1. The highest BCUT2D eigenvalue weighted by atomic mass is 35.5. The molecule has 0 spiro atoms. The summed E-state index contributed by atoms with van der Waals surface area (Å²) in [6.45, 7) is 6.84. The van der Waals surface area contributed by atoms with Crippen molar-refractivity contribution in [3.8, 4) is 0 Å². The van der Waals surface area contributed by atoms with Crippen LogP contribution in [0.1, 0.15) is 30.8 Å². The maximum Gasteiger partial charge on any atom is 0.405 e. The molecule has 1 amide bonds. The Bertz CT molecular complexity index is 591. The summed E-state index contributed by atoms with van der Waals surface area (Å²) < 4.78 is 41.7. The molecule has 2 rings (SSSR count). The van der Waals surface area contributed by atoms with Gasteiger partial charge in [0, 0.05) is 44.8 Å². The molecule has 2 N–H and O–H groups in total. The SMILES string of the molecule is Cc1cc(C)n(C(C)CC(=O)NCC(N2CCNCC2)C(F)(F)F)n1.Cl.Cl. The number of nitrogens with one attached hydrogen (secondary N) is 2. The Kier molecular flexibility index (Phi) is 10.7. The van der Waals surface area contributed by atoms with Crippen LogP contribution < -0.4 is 10.6 Å². The van der Waals surface area contributed by atoms with Crippen LogP contribution in [-0.2, 0) is 4.79 Å². The van der Waals surface area contributed by atoms with Crippen molar-refractivity contribution in [1.29, 1.82) is 0 Å². The fraction of sp³-hybridized carbons (Fsp3) is 0.750. The second kappa shape index (κ2) is 11.1. The van der Waals surface area contributed by atoms with Gasteiger partial charge in [0.25, 0.3) is 0 Å². The summed E-state index contributed by atoms with van der Waals surface area (Å²) in [4.78, 5) is 13.5. The van der Waals surface area contributed by atoms with Gasteiger partial charge in [-0.15, -0.1) is 24.8 Å². The Morgan fingerprint density at radius 2 is 1.89 bits per heavy atom. The van der Waals surface area contributed by atoms with Gasteiger partial charge in [0.05, 0.1) is 11.7 Å². The number of nitrogens with zero attached hydrogens (tertiary/aromatic N) is 3. The molecular formula is C16H28Cl2F3N5O. The van der Waals surface area contributed by atoms with Gasteiger partial charge in [-0.25, -0.2) is 0 Å². The molecular weight excluding hydrogens is 406 g/mol. The number of carbonyl (C=O) groups is 1. The third-order valence-electron chi connectivity index (χ3n) is 4.41. The van der Waals surface area contributed by atoms with Gasteiger partial charge < -0.3 is 10.6 Å². The number of rotatable bonds is 6. The number of halogens is 5. The van der Waals surface area contributed by atoms with Crippen molar-refractivity contribution in [2.45, 2.75) is 45.5 Å². The Hall–Kier alpha value is -1.03. The third-order valence-corrected chi connectivity index (χ3v) is 4.41. The average Bonchev–Trinajstić information content (AvgIpc) is 2.86. The molecule has 1 aromatic rings. The monoisotopic (exact) mass is 433 g/mol. The average molecular weight is 434 g/mol. The number of alkyl halides is 3. The second-order valence-electron chi connectivity index (χ2n) is 6.57. The summed E-state index contributed by atoms with van der Waals surface area (Å²) in [7, 11) is 0. The summed E-state index contributed by atoms with van der Waals surface area (Å²) in [5.74, 6) is -0.399. The van der Waals surface area contributed by atoms with Crippen LogP contribution in [0.2, 0.25) is 0 Å². The molecule has 1 aliphatic heterocycles. The quantitative estimate of drug-likeness (QED) is 0.721. The van der Waals surface area contributed by atoms with Crippen molar-refractivity contribution in [2.75, 3.05) is 32.7 Å². The fourth-order valence-electron chi connectivity index (χ4n) is 3.18. The molecule has 1 aliphatic rings. The number of aromatic nitrogens is 2. The molecule has 0 saturated carbocycles. The first-order valence-corrected chi connectivity index (χ1v) is 8.49. The predicted octanol–water partition coefficient (Wildman–Crippen LogP) is 2.25. The zero-order valence-electron chi connectivity index (χ0n) is 15.7. The number of piperazine rings is 1. The highest BCUT2D eigenvalue weighted by Gasteiger charge is 2.43. The smallest absolute Gasteiger partial charge is 0.354 e. The molecule has 27 heavy (non-hydrogen) atoms. The van der Waals surface area contributed by atoms with Gasteiger partial charge in [-0.1, -0.05) is 0 Å². The maximum absolute atomic E-state index is 13.3. The van der Waals surface area contributed by atoms with Crippen molar-refractivity contribution in [2.24, 2.45) is 0 Å². The summed E-state index contributed by atoms with van der Waals surface area (Å²) in [5, 5.41) is 9.80. The van der Waals surface area contributed by atoms with Crippen LogP contribution >= 0.6 is 24.8 Å². The van der Waals surface area contributed by atoms with Gasteiger partial charge in [0.2, 0.25) is 5.91 Å². The molecule has 1 aromatic heterocycles. The standard InChI is InChI=1S/C16H26F3N5O.2ClH/c1-11-8-12(2)24(22-11)13(3)9-15(25)21-10-14(16(17,18)19)23-6-4-20-5-7-23;;/h8,13-14,20H,4-7,9-10H2,1-3H3,(H,21,25);2*1H. The first-order valence-electron chi connectivity index (χ1n) is 8.49. The van der Waals surface area contributed by atoms with Gasteiger partial charge in [0.15, 0.2) is 0 Å². The van der Waals surface area contributed by atoms with E-state index in [2.05, 4.69) is 15.7 Å². The zero-order valence-corrected chi connectivity index (χ0v) is 17.3. The van der Waals surface area contributed by atoms with Crippen LogP contribution in [0, 0.1) is 13.8 Å². The lowest BCUT2D eigenvalue weighted by atomic mass is 10.2. The van der Waals surface area contributed by atoms with E-state index < -0.39 is 24.7 Å². The summed E-state index contributed by atoms with van der Waals surface area (Å²) >= 11 is 0. The molecule has 11 heteroatoms. The van der Waals surface area contributed by atoms with E-state index in [1.807, 2.05) is 26.8 Å². The van der Waals surface area contributed by atoms with E-state index in [1.54, 1.807) is 4.68 Å². The molecule has 2 unspecified atom stereocenters. The lowest BCUT2D eigenvalue weighted by Gasteiger charge is -2.36. The highest BCUT2D eigenvalue weighted by molar-refractivity contribution is 5.85. The molecule has 1 fully saturated rings. The van der Waals surface area contributed by atoms with E-state index in [0.29, 0.717) is 26.2 Å². The van der Waals surface area contributed by atoms with Gasteiger partial charge in [0.1, 0.15) is 6.04 Å². The molecule has 1 saturated heterocycles. The minimum absolute atomic E-state index is 0. The van der Waals surface area contributed by atoms with Gasteiger partial charge in [-0.05, 0) is 26.8 Å². The van der Waals surface area contributed by atoms with E-state index in [-0.39, 0.29) is 37.3 Å². The van der Waals surface area contributed by atoms with Crippen molar-refractivity contribution in [3.63, 3.8) is 0 Å². The Morgan fingerprint density at radius 3 is 2.37 bits per heavy atom. The molecule has 0 bridgehead atoms. The van der Waals surface area contributed by atoms with Crippen LogP contribution in [0.4, 0.5) is 13.2 Å². The van der Waals surface area contributed by atoms with Gasteiger partial charge in [-0.3, -0.25) is 14.4 Å². The molecule has 0 aliphatic carbocycles. The van der Waals surface area contributed by atoms with Crippen LogP contribution in [0.3, 0.4) is 0 Å². The Balaban J connectivity index is 0.00000338. The predicted molar refractivity (Wildman–Crippen MR) is 103 cm³/mol. The van der Waals surface area contributed by atoms with E-state index in [0.717, 1.165) is 11.4 Å². The van der Waals surface area contributed by atoms with E-state index in [4.69, 9.17) is 0 Å². The van der Waals surface area contributed by atoms with Gasteiger partial charge >= 0.3 is 6.18 Å². The third kappa shape index (κ3) is 7.48. The number of hydrogen-bond acceptors (Lipinski definition) is 4. The minimum atomic E-state index is -4.37. The number of hydrogen-bond donors (Lipinski definition) is 2. The molecule has 2 heterocycles. The lowest BCUT2D eigenvalue weighted by Crippen LogP contribution is -2.57. The topological polar surface area (TPSA) is 62.2 Å². The molecule has 0 radical (unpaired) electrons. The number of aryl methyl sites for hydroxylation is 2. The largest absolute Gasteiger partial charge is 0.405 e. The first-order chi connectivity index (χ1) is 11.7. The summed E-state index contributed by atoms with van der Waals surface area (Å²) in [5.41, 5.74) is 1.77. The van der Waals surface area contributed by atoms with E-state index in [1.165, 1.54) is 4.90 Å². The molecule has 2 atom stereocenters. The minimum Gasteiger partial charge on any atom is -0.354 e. The van der Waals surface area contributed by atoms with Crippen molar-refractivity contribution in [3.05, 3.63) is 17.5 Å². The fourth-order valence-corrected chi connectivity index (χ4v) is 3.18. The molecule has 0 aromatic carbocycles. The van der Waals surface area contributed by atoms with Crippen molar-refractivity contribution in [1.82, 2.24) is 25.3 Å². The zero-order chi connectivity index (χ0) is 18.6. The highest BCUT2D eigenvalue weighted by Crippen LogP contribution is 2.25. The van der Waals surface area contributed by atoms with Crippen LogP contribution in [-0.4, -0.2) is 65.5 Å². The maximum atomic E-state index is 13.3. The summed E-state index contributed by atoms with van der Waals surface area (Å²) in [6.07, 6.45) is -4.28. The van der Waals surface area contributed by atoms with E-state index in [9.17, 15) is 18.0 Å². The van der Waals surface area contributed by atoms with Gasteiger partial charge in [-0.2, -0.15) is 18.3 Å². The van der Waals surface area contributed by atoms with Crippen molar-refractivity contribution >= 4 is 30.7 Å². The normalized spacial score (nSPS) is 17.4.